The molecule has 4 nitrogen and oxygen atoms in total. The van der Waals surface area contributed by atoms with E-state index in [9.17, 15) is 4.79 Å². The lowest BCUT2D eigenvalue weighted by molar-refractivity contribution is 0.101. The number of aromatic nitrogens is 3. The smallest absolute Gasteiger partial charge is 0.192 e. The predicted octanol–water partition coefficient (Wildman–Crippen LogP) is 3.43. The second-order valence-electron chi connectivity index (χ2n) is 4.01. The highest BCUT2D eigenvalue weighted by Crippen LogP contribution is 2.22. The minimum atomic E-state index is 0.0587. The van der Waals surface area contributed by atoms with E-state index in [1.54, 1.807) is 10.9 Å². The fourth-order valence-electron chi connectivity index (χ4n) is 1.63. The summed E-state index contributed by atoms with van der Waals surface area (Å²) in [6, 6.07) is 7.91. The van der Waals surface area contributed by atoms with E-state index in [2.05, 4.69) is 26.2 Å². The standard InChI is InChI=1S/C13H14BrN3OS/c1-2-6-17-12(8-15-16-17)13(18)9-19-11-5-3-4-10(14)7-11/h3-5,7-8H,2,6,9H2,1H3. The van der Waals surface area contributed by atoms with Gasteiger partial charge in [-0.25, -0.2) is 4.68 Å². The Morgan fingerprint density at radius 3 is 3.05 bits per heavy atom. The Bertz CT molecular complexity index is 571. The van der Waals surface area contributed by atoms with Gasteiger partial charge in [-0.2, -0.15) is 0 Å². The molecule has 2 rings (SSSR count). The molecule has 6 heteroatoms. The van der Waals surface area contributed by atoms with Gasteiger partial charge in [0.15, 0.2) is 5.78 Å². The summed E-state index contributed by atoms with van der Waals surface area (Å²) < 4.78 is 2.69. The van der Waals surface area contributed by atoms with Crippen LogP contribution in [0.4, 0.5) is 0 Å². The molecule has 0 unspecified atom stereocenters. The van der Waals surface area contributed by atoms with Crippen LogP contribution in [0, 0.1) is 0 Å². The first-order chi connectivity index (χ1) is 9.20. The normalized spacial score (nSPS) is 10.6. The van der Waals surface area contributed by atoms with Crippen LogP contribution in [-0.4, -0.2) is 26.5 Å². The van der Waals surface area contributed by atoms with E-state index in [1.807, 2.05) is 31.2 Å². The second-order valence-corrected chi connectivity index (χ2v) is 5.98. The molecule has 1 aromatic heterocycles. The van der Waals surface area contributed by atoms with Crippen molar-refractivity contribution in [1.82, 2.24) is 15.0 Å². The molecule has 0 atom stereocenters. The van der Waals surface area contributed by atoms with Crippen LogP contribution in [-0.2, 0) is 6.54 Å². The number of Topliss-reactive ketones (excluding diaryl/α,β-unsaturated/α-hetero) is 1. The predicted molar refractivity (Wildman–Crippen MR) is 79.5 cm³/mol. The maximum Gasteiger partial charge on any atom is 0.192 e. The number of aryl methyl sites for hydroxylation is 1. The number of nitrogens with zero attached hydrogens (tertiary/aromatic N) is 3. The number of carbonyl (C=O) groups is 1. The maximum atomic E-state index is 12.1. The van der Waals surface area contributed by atoms with Crippen molar-refractivity contribution in [3.63, 3.8) is 0 Å². The topological polar surface area (TPSA) is 47.8 Å². The van der Waals surface area contributed by atoms with Gasteiger partial charge in [-0.1, -0.05) is 34.1 Å². The Kier molecular flexibility index (Phi) is 5.15. The molecule has 0 aliphatic rings. The van der Waals surface area contributed by atoms with Gasteiger partial charge in [-0.3, -0.25) is 4.79 Å². The third-order valence-electron chi connectivity index (χ3n) is 2.50. The molecule has 2 aromatic rings. The highest BCUT2D eigenvalue weighted by atomic mass is 79.9. The summed E-state index contributed by atoms with van der Waals surface area (Å²) in [5.74, 6) is 0.455. The molecule has 0 N–H and O–H groups in total. The van der Waals surface area contributed by atoms with E-state index in [0.29, 0.717) is 11.4 Å². The van der Waals surface area contributed by atoms with Gasteiger partial charge in [0.1, 0.15) is 5.69 Å². The number of ketones is 1. The Labute approximate surface area is 124 Å². The van der Waals surface area contributed by atoms with Crippen molar-refractivity contribution in [3.05, 3.63) is 40.6 Å². The van der Waals surface area contributed by atoms with Gasteiger partial charge in [0.25, 0.3) is 0 Å². The molecule has 0 aliphatic carbocycles. The summed E-state index contributed by atoms with van der Waals surface area (Å²) in [5.41, 5.74) is 0.587. The highest BCUT2D eigenvalue weighted by molar-refractivity contribution is 9.10. The van der Waals surface area contributed by atoms with Gasteiger partial charge < -0.3 is 0 Å². The largest absolute Gasteiger partial charge is 0.291 e. The van der Waals surface area contributed by atoms with Crippen LogP contribution < -0.4 is 0 Å². The molecule has 0 amide bonds. The number of carbonyl (C=O) groups excluding carboxylic acids is 1. The molecular weight excluding hydrogens is 326 g/mol. The lowest BCUT2D eigenvalue weighted by atomic mass is 10.3. The van der Waals surface area contributed by atoms with Crippen molar-refractivity contribution in [1.29, 1.82) is 0 Å². The van der Waals surface area contributed by atoms with Crippen LogP contribution in [0.2, 0.25) is 0 Å². The number of benzene rings is 1. The van der Waals surface area contributed by atoms with Crippen LogP contribution in [0.15, 0.2) is 39.8 Å². The van der Waals surface area contributed by atoms with Crippen molar-refractivity contribution in [3.8, 4) is 0 Å². The molecule has 1 aromatic carbocycles. The van der Waals surface area contributed by atoms with Crippen LogP contribution >= 0.6 is 27.7 Å². The van der Waals surface area contributed by atoms with Crippen LogP contribution in [0.5, 0.6) is 0 Å². The minimum Gasteiger partial charge on any atom is -0.291 e. The first kappa shape index (κ1) is 14.3. The van der Waals surface area contributed by atoms with Gasteiger partial charge >= 0.3 is 0 Å². The molecule has 100 valence electrons. The molecule has 0 radical (unpaired) electrons. The fourth-order valence-corrected chi connectivity index (χ4v) is 3.01. The molecule has 0 spiro atoms. The SMILES string of the molecule is CCCn1nncc1C(=O)CSc1cccc(Br)c1. The van der Waals surface area contributed by atoms with E-state index in [0.717, 1.165) is 22.3 Å². The van der Waals surface area contributed by atoms with Gasteiger partial charge in [-0.05, 0) is 24.6 Å². The number of halogens is 1. The van der Waals surface area contributed by atoms with Crippen LogP contribution in [0.1, 0.15) is 23.8 Å². The Morgan fingerprint density at radius 1 is 1.47 bits per heavy atom. The summed E-state index contributed by atoms with van der Waals surface area (Å²) in [6.45, 7) is 2.77. The molecule has 19 heavy (non-hydrogen) atoms. The summed E-state index contributed by atoms with van der Waals surface area (Å²) >= 11 is 4.94. The molecule has 1 heterocycles. The average molecular weight is 340 g/mol. The van der Waals surface area contributed by atoms with E-state index < -0.39 is 0 Å². The molecule has 0 bridgehead atoms. The second kappa shape index (κ2) is 6.86. The third-order valence-corrected chi connectivity index (χ3v) is 3.99. The first-order valence-corrected chi connectivity index (χ1v) is 7.78. The highest BCUT2D eigenvalue weighted by Gasteiger charge is 2.13. The van der Waals surface area contributed by atoms with Gasteiger partial charge in [-0.15, -0.1) is 16.9 Å². The van der Waals surface area contributed by atoms with Crippen molar-refractivity contribution < 1.29 is 4.79 Å². The summed E-state index contributed by atoms with van der Waals surface area (Å²) in [5, 5.41) is 7.73. The molecular formula is C13H14BrN3OS. The first-order valence-electron chi connectivity index (χ1n) is 6.00. The third kappa shape index (κ3) is 3.91. The van der Waals surface area contributed by atoms with Crippen molar-refractivity contribution in [2.24, 2.45) is 0 Å². The zero-order valence-electron chi connectivity index (χ0n) is 10.5. The Balaban J connectivity index is 1.99. The fraction of sp³-hybridized carbons (Fsp3) is 0.308. The van der Waals surface area contributed by atoms with Gasteiger partial charge in [0, 0.05) is 15.9 Å². The monoisotopic (exact) mass is 339 g/mol. The Morgan fingerprint density at radius 2 is 2.32 bits per heavy atom. The molecule has 0 saturated carbocycles. The van der Waals surface area contributed by atoms with E-state index in [1.165, 1.54) is 11.8 Å². The summed E-state index contributed by atoms with van der Waals surface area (Å²) in [6.07, 6.45) is 2.47. The number of thioether (sulfide) groups is 1. The Hall–Kier alpha value is -1.14. The van der Waals surface area contributed by atoms with Gasteiger partial charge in [0.2, 0.25) is 0 Å². The quantitative estimate of drug-likeness (QED) is 0.597. The zero-order chi connectivity index (χ0) is 13.7. The zero-order valence-corrected chi connectivity index (χ0v) is 12.9. The van der Waals surface area contributed by atoms with Gasteiger partial charge in [0.05, 0.1) is 11.9 Å². The lowest BCUT2D eigenvalue weighted by Gasteiger charge is -2.04. The summed E-state index contributed by atoms with van der Waals surface area (Å²) in [4.78, 5) is 13.2. The summed E-state index contributed by atoms with van der Waals surface area (Å²) in [7, 11) is 0. The van der Waals surface area contributed by atoms with E-state index >= 15 is 0 Å². The van der Waals surface area contributed by atoms with Crippen molar-refractivity contribution in [2.75, 3.05) is 5.75 Å². The molecule has 0 saturated heterocycles. The van der Waals surface area contributed by atoms with Crippen molar-refractivity contribution in [2.45, 2.75) is 24.8 Å². The molecule has 0 fully saturated rings. The van der Waals surface area contributed by atoms with E-state index in [4.69, 9.17) is 0 Å². The van der Waals surface area contributed by atoms with Crippen LogP contribution in [0.25, 0.3) is 0 Å². The minimum absolute atomic E-state index is 0.0587. The van der Waals surface area contributed by atoms with Crippen molar-refractivity contribution >= 4 is 33.5 Å². The number of hydrogen-bond donors (Lipinski definition) is 0. The average Bonchev–Trinajstić information content (AvgIpc) is 2.85. The number of hydrogen-bond acceptors (Lipinski definition) is 4. The molecule has 0 aliphatic heterocycles. The van der Waals surface area contributed by atoms with Crippen LogP contribution in [0.3, 0.4) is 0 Å². The number of rotatable bonds is 6. The lowest BCUT2D eigenvalue weighted by Crippen LogP contribution is -2.12. The van der Waals surface area contributed by atoms with E-state index in [-0.39, 0.29) is 5.78 Å². The maximum absolute atomic E-state index is 12.1.